The molecule has 0 radical (unpaired) electrons. The third kappa shape index (κ3) is 7.87. The summed E-state index contributed by atoms with van der Waals surface area (Å²) in [6.45, 7) is 7.72. The maximum atomic E-state index is 13.4. The minimum Gasteiger partial charge on any atom is -0.494 e. The lowest BCUT2D eigenvalue weighted by Gasteiger charge is -2.30. The van der Waals surface area contributed by atoms with Crippen molar-refractivity contribution in [2.24, 2.45) is 0 Å². The van der Waals surface area contributed by atoms with E-state index in [0.29, 0.717) is 19.7 Å². The number of rotatable bonds is 9. The zero-order chi connectivity index (χ0) is 23.7. The van der Waals surface area contributed by atoms with Crippen molar-refractivity contribution in [3.63, 3.8) is 0 Å². The van der Waals surface area contributed by atoms with Crippen molar-refractivity contribution in [3.8, 4) is 5.75 Å². The van der Waals surface area contributed by atoms with E-state index >= 15 is 0 Å². The quantitative estimate of drug-likeness (QED) is 0.507. The molecule has 0 amide bonds. The number of para-hydroxylation sites is 1. The second kappa shape index (κ2) is 12.2. The number of nitrogens with zero attached hydrogens (tertiary/aromatic N) is 2. The van der Waals surface area contributed by atoms with Crippen LogP contribution in [0.4, 0.5) is 18.9 Å². The summed E-state index contributed by atoms with van der Waals surface area (Å²) in [6, 6.07) is 13.1. The standard InChI is InChI=1S/C24H30F3N3O2S/c1-2-32-20-10-8-19(9-11-20)18-30(13-5-12-29-14-16-31-17-15-29)23(33)28-22-7-4-3-6-21(22)24(25,26)27/h3-4,6-11H,2,5,12-18H2,1H3,(H,28,33). The fourth-order valence-corrected chi connectivity index (χ4v) is 3.94. The molecule has 2 aromatic rings. The first-order valence-electron chi connectivity index (χ1n) is 11.1. The normalized spacial score (nSPS) is 14.7. The van der Waals surface area contributed by atoms with Crippen LogP contribution in [0, 0.1) is 0 Å². The van der Waals surface area contributed by atoms with E-state index in [9.17, 15) is 13.2 Å². The third-order valence-electron chi connectivity index (χ3n) is 5.38. The first kappa shape index (κ1) is 25.3. The number of thiocarbonyl (C=S) groups is 1. The van der Waals surface area contributed by atoms with Crippen LogP contribution in [0.1, 0.15) is 24.5 Å². The van der Waals surface area contributed by atoms with Gasteiger partial charge in [0.15, 0.2) is 5.11 Å². The highest BCUT2D eigenvalue weighted by Gasteiger charge is 2.33. The van der Waals surface area contributed by atoms with E-state index in [2.05, 4.69) is 10.2 Å². The molecule has 33 heavy (non-hydrogen) atoms. The molecule has 0 saturated carbocycles. The predicted molar refractivity (Wildman–Crippen MR) is 128 cm³/mol. The van der Waals surface area contributed by atoms with Gasteiger partial charge in [0.1, 0.15) is 5.75 Å². The van der Waals surface area contributed by atoms with Crippen molar-refractivity contribution in [1.29, 1.82) is 0 Å². The Bertz CT molecular complexity index is 887. The van der Waals surface area contributed by atoms with Crippen molar-refractivity contribution >= 4 is 23.0 Å². The molecule has 3 rings (SSSR count). The molecule has 1 aliphatic rings. The second-order valence-corrected chi connectivity index (χ2v) is 8.17. The fraction of sp³-hybridized carbons (Fsp3) is 0.458. The van der Waals surface area contributed by atoms with Crippen LogP contribution in [0.25, 0.3) is 0 Å². The average Bonchev–Trinajstić information content (AvgIpc) is 2.80. The molecule has 1 aliphatic heterocycles. The first-order chi connectivity index (χ1) is 15.9. The molecular formula is C24H30F3N3O2S. The van der Waals surface area contributed by atoms with Crippen molar-refractivity contribution < 1.29 is 22.6 Å². The molecule has 0 atom stereocenters. The summed E-state index contributed by atoms with van der Waals surface area (Å²) < 4.78 is 51.2. The lowest BCUT2D eigenvalue weighted by Crippen LogP contribution is -2.40. The van der Waals surface area contributed by atoms with Crippen LogP contribution in [0.15, 0.2) is 48.5 Å². The summed E-state index contributed by atoms with van der Waals surface area (Å²) >= 11 is 5.57. The predicted octanol–water partition coefficient (Wildman–Crippen LogP) is 5.03. The van der Waals surface area contributed by atoms with Crippen molar-refractivity contribution in [3.05, 3.63) is 59.7 Å². The van der Waals surface area contributed by atoms with Crippen LogP contribution in [0.3, 0.4) is 0 Å². The van der Waals surface area contributed by atoms with Crippen LogP contribution in [-0.4, -0.2) is 60.9 Å². The molecule has 1 fully saturated rings. The Labute approximate surface area is 198 Å². The van der Waals surface area contributed by atoms with Crippen LogP contribution < -0.4 is 10.1 Å². The largest absolute Gasteiger partial charge is 0.494 e. The first-order valence-corrected chi connectivity index (χ1v) is 11.5. The molecule has 1 N–H and O–H groups in total. The van der Waals surface area contributed by atoms with Crippen molar-refractivity contribution in [1.82, 2.24) is 9.80 Å². The topological polar surface area (TPSA) is 37.0 Å². The third-order valence-corrected chi connectivity index (χ3v) is 5.74. The van der Waals surface area contributed by atoms with E-state index in [-0.39, 0.29) is 10.8 Å². The Morgan fingerprint density at radius 2 is 1.82 bits per heavy atom. The minimum atomic E-state index is -4.46. The van der Waals surface area contributed by atoms with Gasteiger partial charge in [-0.1, -0.05) is 24.3 Å². The zero-order valence-electron chi connectivity index (χ0n) is 18.7. The molecule has 0 aliphatic carbocycles. The van der Waals surface area contributed by atoms with Crippen LogP contribution in [-0.2, 0) is 17.5 Å². The molecule has 2 aromatic carbocycles. The number of benzene rings is 2. The second-order valence-electron chi connectivity index (χ2n) is 7.78. The minimum absolute atomic E-state index is 0.0418. The van der Waals surface area contributed by atoms with E-state index < -0.39 is 11.7 Å². The molecule has 1 heterocycles. The summed E-state index contributed by atoms with van der Waals surface area (Å²) in [5.74, 6) is 0.778. The summed E-state index contributed by atoms with van der Waals surface area (Å²) in [5.41, 5.74) is 0.222. The van der Waals surface area contributed by atoms with Gasteiger partial charge in [-0.25, -0.2) is 0 Å². The van der Waals surface area contributed by atoms with E-state index in [1.807, 2.05) is 36.1 Å². The lowest BCUT2D eigenvalue weighted by molar-refractivity contribution is -0.136. The highest BCUT2D eigenvalue weighted by molar-refractivity contribution is 7.80. The van der Waals surface area contributed by atoms with Gasteiger partial charge in [0.2, 0.25) is 0 Å². The number of morpholine rings is 1. The Morgan fingerprint density at radius 3 is 2.48 bits per heavy atom. The summed E-state index contributed by atoms with van der Waals surface area (Å²) in [4.78, 5) is 4.24. The highest BCUT2D eigenvalue weighted by Crippen LogP contribution is 2.34. The smallest absolute Gasteiger partial charge is 0.418 e. The molecule has 5 nitrogen and oxygen atoms in total. The monoisotopic (exact) mass is 481 g/mol. The van der Waals surface area contributed by atoms with Gasteiger partial charge in [0.25, 0.3) is 0 Å². The van der Waals surface area contributed by atoms with Crippen molar-refractivity contribution in [2.45, 2.75) is 26.1 Å². The van der Waals surface area contributed by atoms with E-state index in [1.54, 1.807) is 6.07 Å². The van der Waals surface area contributed by atoms with Gasteiger partial charge < -0.3 is 19.7 Å². The van der Waals surface area contributed by atoms with Gasteiger partial charge in [-0.3, -0.25) is 4.90 Å². The highest BCUT2D eigenvalue weighted by atomic mass is 32.1. The summed E-state index contributed by atoms with van der Waals surface area (Å²) in [7, 11) is 0. The SMILES string of the molecule is CCOc1ccc(CN(CCCN2CCOCC2)C(=S)Nc2ccccc2C(F)(F)F)cc1. The van der Waals surface area contributed by atoms with Gasteiger partial charge in [0.05, 0.1) is 31.1 Å². The molecule has 0 bridgehead atoms. The molecule has 1 saturated heterocycles. The Balaban J connectivity index is 1.70. The number of ether oxygens (including phenoxy) is 2. The number of alkyl halides is 3. The molecule has 9 heteroatoms. The Kier molecular flexibility index (Phi) is 9.34. The van der Waals surface area contributed by atoms with Crippen LogP contribution in [0.2, 0.25) is 0 Å². The van der Waals surface area contributed by atoms with Gasteiger partial charge >= 0.3 is 6.18 Å². The molecule has 0 spiro atoms. The Hall–Kier alpha value is -2.36. The maximum absolute atomic E-state index is 13.4. The zero-order valence-corrected chi connectivity index (χ0v) is 19.6. The van der Waals surface area contributed by atoms with Crippen LogP contribution >= 0.6 is 12.2 Å². The van der Waals surface area contributed by atoms with E-state index in [1.165, 1.54) is 12.1 Å². The fourth-order valence-electron chi connectivity index (χ4n) is 3.67. The number of hydrogen-bond donors (Lipinski definition) is 1. The lowest BCUT2D eigenvalue weighted by atomic mass is 10.1. The number of anilines is 1. The van der Waals surface area contributed by atoms with Gasteiger partial charge in [0, 0.05) is 32.7 Å². The van der Waals surface area contributed by atoms with Gasteiger partial charge in [-0.15, -0.1) is 0 Å². The molecule has 180 valence electrons. The van der Waals surface area contributed by atoms with Crippen LogP contribution in [0.5, 0.6) is 5.75 Å². The number of halogens is 3. The van der Waals surface area contributed by atoms with E-state index in [0.717, 1.165) is 56.6 Å². The summed E-state index contributed by atoms with van der Waals surface area (Å²) in [5, 5.41) is 3.10. The number of hydrogen-bond acceptors (Lipinski definition) is 4. The molecular weight excluding hydrogens is 451 g/mol. The molecule has 0 unspecified atom stereocenters. The number of nitrogens with one attached hydrogen (secondary N) is 1. The van der Waals surface area contributed by atoms with Gasteiger partial charge in [-0.2, -0.15) is 13.2 Å². The summed E-state index contributed by atoms with van der Waals surface area (Å²) in [6.07, 6.45) is -3.63. The Morgan fingerprint density at radius 1 is 1.12 bits per heavy atom. The van der Waals surface area contributed by atoms with Gasteiger partial charge in [-0.05, 0) is 55.4 Å². The van der Waals surface area contributed by atoms with E-state index in [4.69, 9.17) is 21.7 Å². The van der Waals surface area contributed by atoms with Crippen molar-refractivity contribution in [2.75, 3.05) is 51.3 Å². The maximum Gasteiger partial charge on any atom is 0.418 e. The average molecular weight is 482 g/mol. The molecule has 0 aromatic heterocycles.